The lowest BCUT2D eigenvalue weighted by molar-refractivity contribution is -0.146. The molecule has 76 valence electrons. The Labute approximate surface area is 78.7 Å². The third kappa shape index (κ3) is 1.84. The molecule has 1 rings (SSSR count). The molecule has 13 heavy (non-hydrogen) atoms. The van der Waals surface area contributed by atoms with Crippen molar-refractivity contribution in [1.29, 1.82) is 0 Å². The van der Waals surface area contributed by atoms with Crippen LogP contribution in [0.15, 0.2) is 0 Å². The zero-order valence-corrected chi connectivity index (χ0v) is 8.45. The first kappa shape index (κ1) is 10.5. The van der Waals surface area contributed by atoms with Crippen molar-refractivity contribution in [2.24, 2.45) is 5.73 Å². The van der Waals surface area contributed by atoms with E-state index in [1.807, 2.05) is 20.9 Å². The molecule has 4 nitrogen and oxygen atoms in total. The van der Waals surface area contributed by atoms with Crippen LogP contribution in [-0.2, 0) is 4.79 Å². The fourth-order valence-electron chi connectivity index (χ4n) is 2.03. The number of carboxylic acids is 1. The Morgan fingerprint density at radius 3 is 2.15 bits per heavy atom. The van der Waals surface area contributed by atoms with Gasteiger partial charge in [0, 0.05) is 12.1 Å². The lowest BCUT2D eigenvalue weighted by atomic mass is 9.81. The summed E-state index contributed by atoms with van der Waals surface area (Å²) in [5.41, 5.74) is 4.80. The molecule has 4 heteroatoms. The molecule has 0 aromatic carbocycles. The zero-order valence-electron chi connectivity index (χ0n) is 8.45. The minimum absolute atomic E-state index is 0.241. The van der Waals surface area contributed by atoms with Crippen LogP contribution < -0.4 is 5.73 Å². The molecule has 0 unspecified atom stereocenters. The number of hydrogen-bond donors (Lipinski definition) is 2. The van der Waals surface area contributed by atoms with Gasteiger partial charge in [-0.2, -0.15) is 0 Å². The summed E-state index contributed by atoms with van der Waals surface area (Å²) in [6.45, 7) is 4.03. The van der Waals surface area contributed by atoms with Gasteiger partial charge in [0.2, 0.25) is 0 Å². The van der Waals surface area contributed by atoms with Crippen molar-refractivity contribution in [2.75, 3.05) is 7.05 Å². The summed E-state index contributed by atoms with van der Waals surface area (Å²) in [4.78, 5) is 13.1. The third-order valence-corrected chi connectivity index (χ3v) is 3.14. The Morgan fingerprint density at radius 2 is 1.85 bits per heavy atom. The van der Waals surface area contributed by atoms with Crippen LogP contribution >= 0.6 is 0 Å². The van der Waals surface area contributed by atoms with Crippen molar-refractivity contribution >= 4 is 5.97 Å². The number of carbonyl (C=O) groups is 1. The number of likely N-dealkylation sites (tertiary alicyclic amines) is 1. The second-order valence-electron chi connectivity index (χ2n) is 4.23. The molecule has 1 aliphatic rings. The highest BCUT2D eigenvalue weighted by molar-refractivity contribution is 5.78. The van der Waals surface area contributed by atoms with Crippen molar-refractivity contribution in [3.63, 3.8) is 0 Å². The van der Waals surface area contributed by atoms with Gasteiger partial charge in [-0.15, -0.1) is 0 Å². The van der Waals surface area contributed by atoms with Gasteiger partial charge in [-0.3, -0.25) is 4.79 Å². The summed E-state index contributed by atoms with van der Waals surface area (Å²) in [6, 6.07) is 0.481. The summed E-state index contributed by atoms with van der Waals surface area (Å²) in [6.07, 6.45) is 1.06. The predicted octanol–water partition coefficient (Wildman–Crippen LogP) is 0.271. The molecule has 3 N–H and O–H groups in total. The molecule has 0 aromatic rings. The molecule has 1 saturated heterocycles. The van der Waals surface area contributed by atoms with E-state index in [-0.39, 0.29) is 12.1 Å². The second-order valence-corrected chi connectivity index (χ2v) is 4.23. The summed E-state index contributed by atoms with van der Waals surface area (Å²) in [5, 5.41) is 8.98. The van der Waals surface area contributed by atoms with Crippen LogP contribution in [0.2, 0.25) is 0 Å². The van der Waals surface area contributed by atoms with Gasteiger partial charge in [-0.05, 0) is 33.7 Å². The van der Waals surface area contributed by atoms with Crippen molar-refractivity contribution < 1.29 is 9.90 Å². The minimum atomic E-state index is -1.02. The molecule has 1 aliphatic heterocycles. The lowest BCUT2D eigenvalue weighted by Gasteiger charge is -2.43. The van der Waals surface area contributed by atoms with Crippen molar-refractivity contribution in [3.05, 3.63) is 0 Å². The average molecular weight is 186 g/mol. The molecule has 1 heterocycles. The number of piperidine rings is 1. The van der Waals surface area contributed by atoms with E-state index in [2.05, 4.69) is 4.90 Å². The molecular formula is C9H18N2O2. The summed E-state index contributed by atoms with van der Waals surface area (Å²) < 4.78 is 0. The van der Waals surface area contributed by atoms with Crippen LogP contribution in [-0.4, -0.2) is 40.6 Å². The second kappa shape index (κ2) is 3.27. The van der Waals surface area contributed by atoms with Gasteiger partial charge in [-0.1, -0.05) is 0 Å². The standard InChI is InChI=1S/C9H18N2O2/c1-6-4-9(10,8(12)13)5-7(2)11(6)3/h6-7H,4-5,10H2,1-3H3,(H,12,13)/t6-,7-/m0/s1. The normalized spacial score (nSPS) is 41.8. The van der Waals surface area contributed by atoms with E-state index < -0.39 is 11.5 Å². The maximum absolute atomic E-state index is 10.9. The number of aliphatic carboxylic acids is 1. The van der Waals surface area contributed by atoms with E-state index >= 15 is 0 Å². The van der Waals surface area contributed by atoms with Gasteiger partial charge in [0.15, 0.2) is 0 Å². The molecule has 0 aromatic heterocycles. The number of carboxylic acid groups (broad SMARTS) is 1. The van der Waals surface area contributed by atoms with Crippen molar-refractivity contribution in [2.45, 2.75) is 44.3 Å². The molecule has 2 atom stereocenters. The van der Waals surface area contributed by atoms with E-state index in [1.165, 1.54) is 0 Å². The Kier molecular flexibility index (Phi) is 2.63. The van der Waals surface area contributed by atoms with Gasteiger partial charge < -0.3 is 15.7 Å². The Balaban J connectivity index is 2.79. The maximum atomic E-state index is 10.9. The predicted molar refractivity (Wildman–Crippen MR) is 50.5 cm³/mol. The fourth-order valence-corrected chi connectivity index (χ4v) is 2.03. The Hall–Kier alpha value is -0.610. The average Bonchev–Trinajstić information content (AvgIpc) is 2.00. The van der Waals surface area contributed by atoms with Gasteiger partial charge in [0.25, 0.3) is 0 Å². The number of nitrogens with two attached hydrogens (primary N) is 1. The van der Waals surface area contributed by atoms with Crippen LogP contribution in [0.4, 0.5) is 0 Å². The van der Waals surface area contributed by atoms with E-state index in [4.69, 9.17) is 10.8 Å². The third-order valence-electron chi connectivity index (χ3n) is 3.14. The minimum Gasteiger partial charge on any atom is -0.480 e. The molecular weight excluding hydrogens is 168 g/mol. The monoisotopic (exact) mass is 186 g/mol. The van der Waals surface area contributed by atoms with Crippen LogP contribution in [0.3, 0.4) is 0 Å². The van der Waals surface area contributed by atoms with E-state index in [1.54, 1.807) is 0 Å². The fraction of sp³-hybridized carbons (Fsp3) is 0.889. The largest absolute Gasteiger partial charge is 0.480 e. The molecule has 0 bridgehead atoms. The number of nitrogens with zero attached hydrogens (tertiary/aromatic N) is 1. The van der Waals surface area contributed by atoms with Crippen LogP contribution in [0.5, 0.6) is 0 Å². The van der Waals surface area contributed by atoms with Crippen molar-refractivity contribution in [1.82, 2.24) is 4.90 Å². The molecule has 0 spiro atoms. The summed E-state index contributed by atoms with van der Waals surface area (Å²) >= 11 is 0. The highest BCUT2D eigenvalue weighted by Gasteiger charge is 2.42. The van der Waals surface area contributed by atoms with E-state index in [9.17, 15) is 4.79 Å². The maximum Gasteiger partial charge on any atom is 0.323 e. The van der Waals surface area contributed by atoms with Gasteiger partial charge in [0.05, 0.1) is 0 Å². The molecule has 0 saturated carbocycles. The zero-order chi connectivity index (χ0) is 10.2. The molecule has 0 amide bonds. The quantitative estimate of drug-likeness (QED) is 0.617. The Morgan fingerprint density at radius 1 is 1.46 bits per heavy atom. The Bertz CT molecular complexity index is 206. The topological polar surface area (TPSA) is 66.6 Å². The highest BCUT2D eigenvalue weighted by atomic mass is 16.4. The van der Waals surface area contributed by atoms with E-state index in [0.717, 1.165) is 0 Å². The van der Waals surface area contributed by atoms with Gasteiger partial charge in [-0.25, -0.2) is 0 Å². The van der Waals surface area contributed by atoms with Crippen LogP contribution in [0, 0.1) is 0 Å². The molecule has 0 radical (unpaired) electrons. The first-order valence-electron chi connectivity index (χ1n) is 4.61. The van der Waals surface area contributed by atoms with Crippen molar-refractivity contribution in [3.8, 4) is 0 Å². The molecule has 1 fully saturated rings. The first-order chi connectivity index (χ1) is 5.87. The smallest absolute Gasteiger partial charge is 0.323 e. The van der Waals surface area contributed by atoms with Crippen LogP contribution in [0.1, 0.15) is 26.7 Å². The summed E-state index contributed by atoms with van der Waals surface area (Å²) in [5.74, 6) is -0.876. The molecule has 0 aliphatic carbocycles. The SMILES string of the molecule is C[C@H]1CC(N)(C(=O)O)C[C@H](C)N1C. The summed E-state index contributed by atoms with van der Waals surface area (Å²) in [7, 11) is 2.01. The highest BCUT2D eigenvalue weighted by Crippen LogP contribution is 2.28. The lowest BCUT2D eigenvalue weighted by Crippen LogP contribution is -2.60. The van der Waals surface area contributed by atoms with Gasteiger partial charge in [0.1, 0.15) is 5.54 Å². The number of rotatable bonds is 1. The van der Waals surface area contributed by atoms with E-state index in [0.29, 0.717) is 12.8 Å². The van der Waals surface area contributed by atoms with Crippen LogP contribution in [0.25, 0.3) is 0 Å². The number of hydrogen-bond acceptors (Lipinski definition) is 3. The van der Waals surface area contributed by atoms with Gasteiger partial charge >= 0.3 is 5.97 Å². The first-order valence-corrected chi connectivity index (χ1v) is 4.61.